The lowest BCUT2D eigenvalue weighted by molar-refractivity contribution is -0.141. The molecular formula is C27H41N9O7. The van der Waals surface area contributed by atoms with Crippen LogP contribution in [-0.2, 0) is 35.2 Å². The predicted molar refractivity (Wildman–Crippen MR) is 156 cm³/mol. The van der Waals surface area contributed by atoms with Crippen molar-refractivity contribution in [3.05, 3.63) is 35.9 Å². The fourth-order valence-corrected chi connectivity index (χ4v) is 4.33. The number of carbonyl (C=O) groups excluding carboxylic acids is 5. The summed E-state index contributed by atoms with van der Waals surface area (Å²) in [6.45, 7) is -0.0746. The van der Waals surface area contributed by atoms with Crippen LogP contribution in [0.5, 0.6) is 0 Å². The summed E-state index contributed by atoms with van der Waals surface area (Å²) in [5.74, 6) is -5.36. The summed E-state index contributed by atoms with van der Waals surface area (Å²) in [7, 11) is 0. The lowest BCUT2D eigenvalue weighted by Crippen LogP contribution is -2.58. The molecule has 1 aromatic rings. The van der Waals surface area contributed by atoms with Gasteiger partial charge in [0.25, 0.3) is 0 Å². The van der Waals surface area contributed by atoms with E-state index in [0.717, 1.165) is 0 Å². The number of unbranched alkanes of at least 4 members (excludes halogenated alkanes) is 1. The number of carboxylic acids is 1. The molecule has 0 bridgehead atoms. The summed E-state index contributed by atoms with van der Waals surface area (Å²) in [6, 6.07) is 3.75. The number of carbonyl (C=O) groups is 6. The minimum absolute atomic E-state index is 0.0107. The van der Waals surface area contributed by atoms with E-state index in [0.29, 0.717) is 31.4 Å². The number of carboxylic acid groups (broad SMARTS) is 1. The molecule has 0 aromatic heterocycles. The molecule has 1 fully saturated rings. The van der Waals surface area contributed by atoms with Crippen molar-refractivity contribution in [3.8, 4) is 0 Å². The molecule has 2 unspecified atom stereocenters. The second kappa shape index (κ2) is 17.9. The highest BCUT2D eigenvalue weighted by Crippen LogP contribution is 2.09. The van der Waals surface area contributed by atoms with Crippen LogP contribution < -0.4 is 43.8 Å². The quantitative estimate of drug-likeness (QED) is 0.0661. The number of amides is 5. The molecule has 1 aliphatic heterocycles. The van der Waals surface area contributed by atoms with Crippen molar-refractivity contribution in [2.75, 3.05) is 19.6 Å². The number of hydrogen-bond acceptors (Lipinski definition) is 8. The third kappa shape index (κ3) is 12.8. The zero-order valence-electron chi connectivity index (χ0n) is 23.8. The van der Waals surface area contributed by atoms with Crippen molar-refractivity contribution in [1.82, 2.24) is 26.6 Å². The molecule has 43 heavy (non-hydrogen) atoms. The number of nitrogens with two attached hydrogens (primary N) is 3. The van der Waals surface area contributed by atoms with Crippen LogP contribution >= 0.6 is 0 Å². The number of rotatable bonds is 12. The minimum atomic E-state index is -1.55. The van der Waals surface area contributed by atoms with Crippen LogP contribution in [0.1, 0.15) is 44.1 Å². The Morgan fingerprint density at radius 3 is 2.00 bits per heavy atom. The highest BCUT2D eigenvalue weighted by Gasteiger charge is 2.33. The van der Waals surface area contributed by atoms with Gasteiger partial charge in [-0.05, 0) is 44.2 Å². The van der Waals surface area contributed by atoms with Gasteiger partial charge in [0.1, 0.15) is 24.2 Å². The molecule has 0 aliphatic carbocycles. The van der Waals surface area contributed by atoms with E-state index < -0.39 is 72.6 Å². The first-order valence-corrected chi connectivity index (χ1v) is 14.0. The maximum absolute atomic E-state index is 13.5. The molecule has 5 amide bonds. The van der Waals surface area contributed by atoms with Crippen LogP contribution in [0.3, 0.4) is 0 Å². The van der Waals surface area contributed by atoms with Gasteiger partial charge < -0.3 is 48.9 Å². The Bertz CT molecular complexity index is 1160. The van der Waals surface area contributed by atoms with Crippen LogP contribution in [0.25, 0.3) is 0 Å². The molecular weight excluding hydrogens is 562 g/mol. The smallest absolute Gasteiger partial charge is 0.305 e. The first-order valence-electron chi connectivity index (χ1n) is 14.0. The molecule has 16 nitrogen and oxygen atoms in total. The Kier molecular flexibility index (Phi) is 14.4. The van der Waals surface area contributed by atoms with Crippen molar-refractivity contribution < 1.29 is 33.9 Å². The molecule has 1 heterocycles. The van der Waals surface area contributed by atoms with Gasteiger partial charge in [-0.15, -0.1) is 0 Å². The fourth-order valence-electron chi connectivity index (χ4n) is 4.33. The Morgan fingerprint density at radius 2 is 1.37 bits per heavy atom. The van der Waals surface area contributed by atoms with E-state index in [9.17, 15) is 33.9 Å². The van der Waals surface area contributed by atoms with Gasteiger partial charge in [-0.3, -0.25) is 33.8 Å². The number of guanidine groups is 1. The van der Waals surface area contributed by atoms with Crippen molar-refractivity contribution in [2.45, 2.75) is 69.1 Å². The molecule has 1 aromatic carbocycles. The van der Waals surface area contributed by atoms with Crippen LogP contribution in [-0.4, -0.2) is 90.4 Å². The van der Waals surface area contributed by atoms with Crippen molar-refractivity contribution >= 4 is 41.5 Å². The van der Waals surface area contributed by atoms with E-state index in [1.165, 1.54) is 0 Å². The Morgan fingerprint density at radius 1 is 0.791 bits per heavy atom. The minimum Gasteiger partial charge on any atom is -0.481 e. The molecule has 16 heteroatoms. The van der Waals surface area contributed by atoms with Crippen LogP contribution in [0, 0.1) is 0 Å². The molecule has 0 spiro atoms. The monoisotopic (exact) mass is 603 g/mol. The standard InChI is InChI=1S/C27H41N9O7/c28-11-5-4-9-18-25(42)35-19(13-16-7-2-1-3-8-16)26(43)36-20(14-22(38)39)23(40)32-15-21(37)33-17(24(41)34-18)10-6-12-31-27(29)30/h1-3,7-8,17-20H,4-6,9-15,28H2,(H,32,40)(H,33,37)(H,34,41)(H,35,42)(H,36,43)(H,38,39)(H4,29,30,31)/t17?,18?,19-,20-/m1/s1. The van der Waals surface area contributed by atoms with Gasteiger partial charge in [0.2, 0.25) is 29.5 Å². The summed E-state index contributed by atoms with van der Waals surface area (Å²) in [5, 5.41) is 21.9. The zero-order valence-corrected chi connectivity index (χ0v) is 23.8. The Hall–Kier alpha value is -4.73. The summed E-state index contributed by atoms with van der Waals surface area (Å²) >= 11 is 0. The molecule has 12 N–H and O–H groups in total. The molecule has 4 atom stereocenters. The van der Waals surface area contributed by atoms with Gasteiger partial charge in [0.15, 0.2) is 5.96 Å². The zero-order chi connectivity index (χ0) is 31.8. The lowest BCUT2D eigenvalue weighted by Gasteiger charge is -2.26. The van der Waals surface area contributed by atoms with E-state index in [4.69, 9.17) is 17.2 Å². The maximum Gasteiger partial charge on any atom is 0.305 e. The van der Waals surface area contributed by atoms with E-state index in [1.54, 1.807) is 30.3 Å². The molecule has 236 valence electrons. The van der Waals surface area contributed by atoms with Gasteiger partial charge in [-0.25, -0.2) is 0 Å². The third-order valence-corrected chi connectivity index (χ3v) is 6.53. The molecule has 2 rings (SSSR count). The fraction of sp³-hybridized carbons (Fsp3) is 0.519. The lowest BCUT2D eigenvalue weighted by atomic mass is 10.0. The van der Waals surface area contributed by atoms with E-state index >= 15 is 0 Å². The largest absolute Gasteiger partial charge is 0.481 e. The molecule has 0 saturated carbocycles. The summed E-state index contributed by atoms with van der Waals surface area (Å²) in [5.41, 5.74) is 17.0. The molecule has 1 aliphatic rings. The van der Waals surface area contributed by atoms with Crippen molar-refractivity contribution in [1.29, 1.82) is 0 Å². The van der Waals surface area contributed by atoms with Gasteiger partial charge in [-0.2, -0.15) is 0 Å². The summed E-state index contributed by atoms with van der Waals surface area (Å²) in [6.07, 6.45) is 0.854. The van der Waals surface area contributed by atoms with Gasteiger partial charge in [0, 0.05) is 13.0 Å². The molecule has 1 saturated heterocycles. The van der Waals surface area contributed by atoms with Crippen molar-refractivity contribution in [3.63, 3.8) is 0 Å². The first-order chi connectivity index (χ1) is 20.5. The predicted octanol–water partition coefficient (Wildman–Crippen LogP) is -3.04. The van der Waals surface area contributed by atoms with Gasteiger partial charge >= 0.3 is 5.97 Å². The summed E-state index contributed by atoms with van der Waals surface area (Å²) in [4.78, 5) is 81.1. The normalized spacial score (nSPS) is 22.0. The number of benzene rings is 1. The molecule has 0 radical (unpaired) electrons. The van der Waals surface area contributed by atoms with E-state index in [2.05, 4.69) is 31.6 Å². The maximum atomic E-state index is 13.5. The average molecular weight is 604 g/mol. The number of hydrogen-bond donors (Lipinski definition) is 9. The number of nitrogens with zero attached hydrogens (tertiary/aromatic N) is 1. The second-order valence-electron chi connectivity index (χ2n) is 10.0. The summed E-state index contributed by atoms with van der Waals surface area (Å²) < 4.78 is 0. The Balaban J connectivity index is 2.44. The van der Waals surface area contributed by atoms with Crippen LogP contribution in [0.4, 0.5) is 0 Å². The highest BCUT2D eigenvalue weighted by molar-refractivity contribution is 5.98. The number of aliphatic carboxylic acids is 1. The highest BCUT2D eigenvalue weighted by atomic mass is 16.4. The van der Waals surface area contributed by atoms with Gasteiger partial charge in [-0.1, -0.05) is 30.3 Å². The number of aliphatic imine (C=N–C) groups is 1. The van der Waals surface area contributed by atoms with E-state index in [-0.39, 0.29) is 31.8 Å². The Labute approximate surface area is 249 Å². The third-order valence-electron chi connectivity index (χ3n) is 6.53. The van der Waals surface area contributed by atoms with Crippen molar-refractivity contribution in [2.24, 2.45) is 22.2 Å². The SMILES string of the molecule is NCCCCC1NC(=O)C(CCCN=C(N)N)NC(=O)CNC(=O)[C@@H](CC(=O)O)NC(=O)[C@@H](Cc2ccccc2)NC1=O. The first kappa shape index (κ1) is 34.5. The average Bonchev–Trinajstić information content (AvgIpc) is 2.95. The second-order valence-corrected chi connectivity index (χ2v) is 10.0. The van der Waals surface area contributed by atoms with Crippen LogP contribution in [0.15, 0.2) is 35.3 Å². The van der Waals surface area contributed by atoms with Crippen LogP contribution in [0.2, 0.25) is 0 Å². The van der Waals surface area contributed by atoms with E-state index in [1.807, 2.05) is 0 Å². The topological polar surface area (TPSA) is 273 Å². The van der Waals surface area contributed by atoms with Gasteiger partial charge in [0.05, 0.1) is 13.0 Å². The number of nitrogens with one attached hydrogen (secondary N) is 5.